The predicted octanol–water partition coefficient (Wildman–Crippen LogP) is 2.77. The van der Waals surface area contributed by atoms with E-state index in [-0.39, 0.29) is 17.4 Å². The third-order valence-corrected chi connectivity index (χ3v) is 4.36. The van der Waals surface area contributed by atoms with Crippen LogP contribution in [0.4, 0.5) is 5.69 Å². The Bertz CT molecular complexity index is 1000. The van der Waals surface area contributed by atoms with Crippen molar-refractivity contribution in [1.82, 2.24) is 5.32 Å². The molecule has 146 valence electrons. The number of hydrogen-bond donors (Lipinski definition) is 3. The van der Waals surface area contributed by atoms with Crippen LogP contribution in [0.2, 0.25) is 0 Å². The first-order valence-corrected chi connectivity index (χ1v) is 9.13. The Morgan fingerprint density at radius 2 is 1.41 bits per heavy atom. The maximum atomic E-state index is 12.9. The molecule has 4 N–H and O–H groups in total. The van der Waals surface area contributed by atoms with Crippen LogP contribution in [-0.2, 0) is 11.2 Å². The van der Waals surface area contributed by atoms with Gasteiger partial charge in [0.25, 0.3) is 5.91 Å². The van der Waals surface area contributed by atoms with Gasteiger partial charge in [0.2, 0.25) is 11.8 Å². The molecule has 3 aromatic carbocycles. The SMILES string of the molecule is NC(=O)c1cccc(NC(=O)[C@H](Cc2ccccc2)NC(=O)c2ccccc2)c1. The summed E-state index contributed by atoms with van der Waals surface area (Å²) < 4.78 is 0. The van der Waals surface area contributed by atoms with E-state index in [1.165, 1.54) is 6.07 Å². The Balaban J connectivity index is 1.79. The highest BCUT2D eigenvalue weighted by Gasteiger charge is 2.22. The second kappa shape index (κ2) is 9.32. The van der Waals surface area contributed by atoms with E-state index in [2.05, 4.69) is 10.6 Å². The summed E-state index contributed by atoms with van der Waals surface area (Å²) in [4.78, 5) is 36.9. The highest BCUT2D eigenvalue weighted by Crippen LogP contribution is 2.12. The highest BCUT2D eigenvalue weighted by molar-refractivity contribution is 6.02. The number of hydrogen-bond acceptors (Lipinski definition) is 3. The Hall–Kier alpha value is -3.93. The summed E-state index contributed by atoms with van der Waals surface area (Å²) in [5.41, 5.74) is 7.39. The first-order valence-electron chi connectivity index (χ1n) is 9.13. The van der Waals surface area contributed by atoms with Crippen molar-refractivity contribution in [1.29, 1.82) is 0 Å². The Kier molecular flexibility index (Phi) is 6.37. The van der Waals surface area contributed by atoms with Gasteiger partial charge < -0.3 is 16.4 Å². The van der Waals surface area contributed by atoms with E-state index in [0.29, 0.717) is 17.7 Å². The van der Waals surface area contributed by atoms with E-state index >= 15 is 0 Å². The Labute approximate surface area is 168 Å². The molecule has 0 unspecified atom stereocenters. The molecule has 0 saturated carbocycles. The van der Waals surface area contributed by atoms with Crippen LogP contribution in [0.3, 0.4) is 0 Å². The zero-order valence-corrected chi connectivity index (χ0v) is 15.7. The first-order chi connectivity index (χ1) is 14.0. The van der Waals surface area contributed by atoms with Crippen molar-refractivity contribution in [2.24, 2.45) is 5.73 Å². The summed E-state index contributed by atoms with van der Waals surface area (Å²) in [6.07, 6.45) is 0.320. The molecule has 0 aliphatic rings. The van der Waals surface area contributed by atoms with Crippen LogP contribution in [0.25, 0.3) is 0 Å². The van der Waals surface area contributed by atoms with Crippen LogP contribution in [0.5, 0.6) is 0 Å². The van der Waals surface area contributed by atoms with E-state index in [1.54, 1.807) is 42.5 Å². The van der Waals surface area contributed by atoms with Gasteiger partial charge in [0.15, 0.2) is 0 Å². The lowest BCUT2D eigenvalue weighted by Crippen LogP contribution is -2.45. The standard InChI is InChI=1S/C23H21N3O3/c24-21(27)18-12-7-13-19(15-18)25-23(29)20(14-16-8-3-1-4-9-16)26-22(28)17-10-5-2-6-11-17/h1-13,15,20H,14H2,(H2,24,27)(H,25,29)(H,26,28)/t20-/m0/s1. The summed E-state index contributed by atoms with van der Waals surface area (Å²) in [7, 11) is 0. The Morgan fingerprint density at radius 3 is 2.07 bits per heavy atom. The maximum Gasteiger partial charge on any atom is 0.251 e. The van der Waals surface area contributed by atoms with Gasteiger partial charge in [-0.15, -0.1) is 0 Å². The molecule has 0 radical (unpaired) electrons. The fourth-order valence-electron chi connectivity index (χ4n) is 2.87. The lowest BCUT2D eigenvalue weighted by atomic mass is 10.0. The normalized spacial score (nSPS) is 11.3. The number of carbonyl (C=O) groups excluding carboxylic acids is 3. The molecule has 0 fully saturated rings. The van der Waals surface area contributed by atoms with Crippen molar-refractivity contribution in [3.05, 3.63) is 102 Å². The van der Waals surface area contributed by atoms with Gasteiger partial charge in [0.1, 0.15) is 6.04 Å². The molecule has 3 rings (SSSR count). The summed E-state index contributed by atoms with van der Waals surface area (Å²) in [6, 6.07) is 23.7. The number of benzene rings is 3. The third-order valence-electron chi connectivity index (χ3n) is 4.36. The molecule has 3 aromatic rings. The molecule has 6 heteroatoms. The van der Waals surface area contributed by atoms with Crippen molar-refractivity contribution in [2.45, 2.75) is 12.5 Å². The number of rotatable bonds is 7. The molecule has 0 aliphatic carbocycles. The third kappa shape index (κ3) is 5.52. The maximum absolute atomic E-state index is 12.9. The topological polar surface area (TPSA) is 101 Å². The fraction of sp³-hybridized carbons (Fsp3) is 0.0870. The van der Waals surface area contributed by atoms with Gasteiger partial charge in [0, 0.05) is 23.2 Å². The van der Waals surface area contributed by atoms with E-state index in [0.717, 1.165) is 5.56 Å². The minimum atomic E-state index is -0.803. The number of carbonyl (C=O) groups is 3. The lowest BCUT2D eigenvalue weighted by Gasteiger charge is -2.19. The van der Waals surface area contributed by atoms with Gasteiger partial charge in [0.05, 0.1) is 0 Å². The predicted molar refractivity (Wildman–Crippen MR) is 111 cm³/mol. The van der Waals surface area contributed by atoms with Crippen molar-refractivity contribution in [3.8, 4) is 0 Å². The number of amides is 3. The van der Waals surface area contributed by atoms with Crippen molar-refractivity contribution < 1.29 is 14.4 Å². The van der Waals surface area contributed by atoms with E-state index in [4.69, 9.17) is 5.73 Å². The molecular weight excluding hydrogens is 366 g/mol. The minimum absolute atomic E-state index is 0.288. The van der Waals surface area contributed by atoms with E-state index in [1.807, 2.05) is 36.4 Å². The van der Waals surface area contributed by atoms with Crippen LogP contribution in [0.1, 0.15) is 26.3 Å². The monoisotopic (exact) mass is 387 g/mol. The first kappa shape index (κ1) is 19.8. The molecule has 29 heavy (non-hydrogen) atoms. The van der Waals surface area contributed by atoms with Crippen LogP contribution >= 0.6 is 0 Å². The second-order valence-electron chi connectivity index (χ2n) is 6.52. The van der Waals surface area contributed by atoms with Gasteiger partial charge >= 0.3 is 0 Å². The van der Waals surface area contributed by atoms with Crippen molar-refractivity contribution in [3.63, 3.8) is 0 Å². The number of anilines is 1. The zero-order chi connectivity index (χ0) is 20.6. The smallest absolute Gasteiger partial charge is 0.251 e. The quantitative estimate of drug-likeness (QED) is 0.581. The number of nitrogens with two attached hydrogens (primary N) is 1. The van der Waals surface area contributed by atoms with Gasteiger partial charge in [-0.2, -0.15) is 0 Å². The number of primary amides is 1. The van der Waals surface area contributed by atoms with Crippen LogP contribution in [0, 0.1) is 0 Å². The van der Waals surface area contributed by atoms with Gasteiger partial charge in [-0.25, -0.2) is 0 Å². The average Bonchev–Trinajstić information content (AvgIpc) is 2.74. The largest absolute Gasteiger partial charge is 0.366 e. The van der Waals surface area contributed by atoms with Gasteiger partial charge in [-0.05, 0) is 35.9 Å². The molecule has 1 atom stereocenters. The Morgan fingerprint density at radius 1 is 0.793 bits per heavy atom. The average molecular weight is 387 g/mol. The molecule has 0 spiro atoms. The van der Waals surface area contributed by atoms with Crippen molar-refractivity contribution in [2.75, 3.05) is 5.32 Å². The zero-order valence-electron chi connectivity index (χ0n) is 15.7. The van der Waals surface area contributed by atoms with Crippen LogP contribution < -0.4 is 16.4 Å². The lowest BCUT2D eigenvalue weighted by molar-refractivity contribution is -0.118. The molecular formula is C23H21N3O3. The second-order valence-corrected chi connectivity index (χ2v) is 6.52. The summed E-state index contributed by atoms with van der Waals surface area (Å²) in [6.45, 7) is 0. The number of nitrogens with one attached hydrogen (secondary N) is 2. The summed E-state index contributed by atoms with van der Waals surface area (Å²) in [5, 5.41) is 5.55. The van der Waals surface area contributed by atoms with Crippen LogP contribution in [0.15, 0.2) is 84.9 Å². The minimum Gasteiger partial charge on any atom is -0.366 e. The van der Waals surface area contributed by atoms with Crippen LogP contribution in [-0.4, -0.2) is 23.8 Å². The molecule has 0 saturated heterocycles. The molecule has 0 bridgehead atoms. The molecule has 0 aromatic heterocycles. The van der Waals surface area contributed by atoms with E-state index in [9.17, 15) is 14.4 Å². The van der Waals surface area contributed by atoms with E-state index < -0.39 is 11.9 Å². The molecule has 6 nitrogen and oxygen atoms in total. The fourth-order valence-corrected chi connectivity index (χ4v) is 2.87. The summed E-state index contributed by atoms with van der Waals surface area (Å²) in [5.74, 6) is -1.31. The van der Waals surface area contributed by atoms with Crippen molar-refractivity contribution >= 4 is 23.4 Å². The molecule has 0 aliphatic heterocycles. The van der Waals surface area contributed by atoms with Gasteiger partial charge in [-0.3, -0.25) is 14.4 Å². The highest BCUT2D eigenvalue weighted by atomic mass is 16.2. The van der Waals surface area contributed by atoms with Gasteiger partial charge in [-0.1, -0.05) is 54.6 Å². The summed E-state index contributed by atoms with van der Waals surface area (Å²) >= 11 is 0. The molecule has 3 amide bonds. The molecule has 0 heterocycles.